The number of hydrogen-bond acceptors (Lipinski definition) is 5. The lowest BCUT2D eigenvalue weighted by molar-refractivity contribution is 0.287. The number of nitrogens with one attached hydrogen (secondary N) is 1. The molecule has 0 fully saturated rings. The van der Waals surface area contributed by atoms with E-state index in [0.29, 0.717) is 24.6 Å². The molecule has 0 unspecified atom stereocenters. The van der Waals surface area contributed by atoms with Crippen molar-refractivity contribution in [3.63, 3.8) is 0 Å². The third kappa shape index (κ3) is 5.30. The zero-order chi connectivity index (χ0) is 22.4. The normalized spacial score (nSPS) is 14.4. The van der Waals surface area contributed by atoms with Gasteiger partial charge >= 0.3 is 0 Å². The molecule has 2 aromatic rings. The second-order valence-corrected chi connectivity index (χ2v) is 8.12. The van der Waals surface area contributed by atoms with E-state index in [1.807, 2.05) is 39.2 Å². The first-order valence-electron chi connectivity index (χ1n) is 10.4. The Labute approximate surface area is 189 Å². The van der Waals surface area contributed by atoms with Crippen LogP contribution in [0, 0.1) is 6.92 Å². The SMILES string of the molecule is C=C/C=C(/c1cc(C)nc2c(OCC3=C(CCCO)CNC=C3Cl)cccc12)N(C)C. The summed E-state index contributed by atoms with van der Waals surface area (Å²) >= 11 is 6.46. The van der Waals surface area contributed by atoms with Crippen LogP contribution in [-0.4, -0.2) is 48.8 Å². The molecule has 164 valence electrons. The van der Waals surface area contributed by atoms with Gasteiger partial charge in [-0.25, -0.2) is 4.98 Å². The summed E-state index contributed by atoms with van der Waals surface area (Å²) in [5, 5.41) is 14.1. The fourth-order valence-electron chi connectivity index (χ4n) is 3.75. The van der Waals surface area contributed by atoms with E-state index in [0.717, 1.165) is 51.2 Å². The van der Waals surface area contributed by atoms with Gasteiger partial charge in [-0.15, -0.1) is 0 Å². The van der Waals surface area contributed by atoms with Gasteiger partial charge in [-0.1, -0.05) is 36.4 Å². The molecule has 0 bridgehead atoms. The molecule has 0 amide bonds. The van der Waals surface area contributed by atoms with E-state index in [1.54, 1.807) is 12.3 Å². The average Bonchev–Trinajstić information content (AvgIpc) is 2.74. The number of aromatic nitrogens is 1. The summed E-state index contributed by atoms with van der Waals surface area (Å²) < 4.78 is 6.26. The Morgan fingerprint density at radius 3 is 2.90 bits per heavy atom. The maximum atomic E-state index is 9.21. The molecule has 2 heterocycles. The summed E-state index contributed by atoms with van der Waals surface area (Å²) in [6.07, 6.45) is 7.08. The predicted octanol–water partition coefficient (Wildman–Crippen LogP) is 4.76. The van der Waals surface area contributed by atoms with Crippen molar-refractivity contribution in [1.82, 2.24) is 15.2 Å². The maximum absolute atomic E-state index is 9.21. The maximum Gasteiger partial charge on any atom is 0.146 e. The molecule has 0 spiro atoms. The van der Waals surface area contributed by atoms with Crippen LogP contribution >= 0.6 is 11.6 Å². The summed E-state index contributed by atoms with van der Waals surface area (Å²) in [4.78, 5) is 6.85. The summed E-state index contributed by atoms with van der Waals surface area (Å²) in [6.45, 7) is 7.07. The number of aryl methyl sites for hydroxylation is 1. The molecule has 1 aliphatic rings. The number of fused-ring (bicyclic) bond motifs is 1. The van der Waals surface area contributed by atoms with Crippen molar-refractivity contribution in [3.8, 4) is 5.75 Å². The molecule has 1 aromatic carbocycles. The van der Waals surface area contributed by atoms with Crippen molar-refractivity contribution in [2.24, 2.45) is 0 Å². The van der Waals surface area contributed by atoms with Crippen LogP contribution in [0.5, 0.6) is 5.75 Å². The highest BCUT2D eigenvalue weighted by Gasteiger charge is 2.17. The number of nitrogens with zero attached hydrogens (tertiary/aromatic N) is 2. The second-order valence-electron chi connectivity index (χ2n) is 7.72. The zero-order valence-corrected chi connectivity index (χ0v) is 19.2. The first-order chi connectivity index (χ1) is 15.0. The lowest BCUT2D eigenvalue weighted by Crippen LogP contribution is -2.20. The van der Waals surface area contributed by atoms with Crippen LogP contribution in [0.4, 0.5) is 0 Å². The molecule has 0 aliphatic carbocycles. The molecule has 0 saturated heterocycles. The minimum Gasteiger partial charge on any atom is -0.487 e. The Balaban J connectivity index is 2.00. The van der Waals surface area contributed by atoms with Crippen molar-refractivity contribution in [2.45, 2.75) is 19.8 Å². The fraction of sp³-hybridized carbons (Fsp3) is 0.320. The number of aliphatic hydroxyl groups is 1. The number of rotatable bonds is 9. The topological polar surface area (TPSA) is 57.6 Å². The molecule has 1 aromatic heterocycles. The van der Waals surface area contributed by atoms with E-state index in [2.05, 4.69) is 28.9 Å². The van der Waals surface area contributed by atoms with Gasteiger partial charge < -0.3 is 20.1 Å². The number of dihydropyridines is 1. The molecule has 0 saturated carbocycles. The Morgan fingerprint density at radius 2 is 2.19 bits per heavy atom. The Hall–Kier alpha value is -2.76. The molecular weight excluding hydrogens is 410 g/mol. The second kappa shape index (κ2) is 10.5. The van der Waals surface area contributed by atoms with Gasteiger partial charge in [0.05, 0.1) is 5.03 Å². The smallest absolute Gasteiger partial charge is 0.146 e. The number of benzene rings is 1. The number of para-hydroxylation sites is 1. The van der Waals surface area contributed by atoms with Gasteiger partial charge in [0.25, 0.3) is 0 Å². The van der Waals surface area contributed by atoms with Gasteiger partial charge in [0.15, 0.2) is 0 Å². The van der Waals surface area contributed by atoms with Gasteiger partial charge in [0.2, 0.25) is 0 Å². The monoisotopic (exact) mass is 439 g/mol. The number of aliphatic hydroxyl groups excluding tert-OH is 1. The summed E-state index contributed by atoms with van der Waals surface area (Å²) in [5.74, 6) is 0.719. The van der Waals surface area contributed by atoms with Crippen molar-refractivity contribution < 1.29 is 9.84 Å². The highest BCUT2D eigenvalue weighted by atomic mass is 35.5. The van der Waals surface area contributed by atoms with E-state index in [1.165, 1.54) is 0 Å². The van der Waals surface area contributed by atoms with E-state index < -0.39 is 0 Å². The molecule has 0 radical (unpaired) electrons. The summed E-state index contributed by atoms with van der Waals surface area (Å²) in [6, 6.07) is 8.08. The van der Waals surface area contributed by atoms with Gasteiger partial charge in [-0.3, -0.25) is 0 Å². The highest BCUT2D eigenvalue weighted by molar-refractivity contribution is 6.32. The van der Waals surface area contributed by atoms with E-state index in [4.69, 9.17) is 21.3 Å². The predicted molar refractivity (Wildman–Crippen MR) is 129 cm³/mol. The molecule has 3 rings (SSSR count). The number of hydrogen-bond donors (Lipinski definition) is 2. The summed E-state index contributed by atoms with van der Waals surface area (Å²) in [5.41, 5.74) is 6.01. The van der Waals surface area contributed by atoms with Crippen LogP contribution in [0.2, 0.25) is 0 Å². The van der Waals surface area contributed by atoms with Crippen LogP contribution in [0.1, 0.15) is 24.1 Å². The van der Waals surface area contributed by atoms with Crippen molar-refractivity contribution in [3.05, 3.63) is 76.6 Å². The number of pyridine rings is 1. The molecule has 1 aliphatic heterocycles. The van der Waals surface area contributed by atoms with Gasteiger partial charge in [-0.2, -0.15) is 0 Å². The van der Waals surface area contributed by atoms with Crippen LogP contribution in [0.3, 0.4) is 0 Å². The average molecular weight is 440 g/mol. The third-order valence-corrected chi connectivity index (χ3v) is 5.57. The number of halogens is 1. The molecular formula is C25H30ClN3O2. The fourth-order valence-corrected chi connectivity index (χ4v) is 4.01. The lowest BCUT2D eigenvalue weighted by Gasteiger charge is -2.22. The Morgan fingerprint density at radius 1 is 1.39 bits per heavy atom. The van der Waals surface area contributed by atoms with Crippen LogP contribution in [0.15, 0.2) is 65.4 Å². The third-order valence-electron chi connectivity index (χ3n) is 5.23. The number of ether oxygens (including phenoxy) is 1. The van der Waals surface area contributed by atoms with Crippen LogP contribution in [-0.2, 0) is 0 Å². The standard InChI is InChI=1S/C25H30ClN3O2/c1-5-8-23(29(3)4)20-13-17(2)28-25-19(20)10-6-11-24(25)31-16-21-18(9-7-12-30)14-27-15-22(21)26/h5-6,8,10-11,13,15,27,30H,1,7,9,12,14,16H2,2-4H3/b23-8-. The van der Waals surface area contributed by atoms with Gasteiger partial charge in [0.1, 0.15) is 17.9 Å². The molecule has 2 N–H and O–H groups in total. The molecule has 6 heteroatoms. The van der Waals surface area contributed by atoms with E-state index >= 15 is 0 Å². The van der Waals surface area contributed by atoms with Crippen molar-refractivity contribution >= 4 is 28.2 Å². The molecule has 31 heavy (non-hydrogen) atoms. The van der Waals surface area contributed by atoms with Crippen LogP contribution < -0.4 is 10.1 Å². The Bertz CT molecular complexity index is 1050. The summed E-state index contributed by atoms with van der Waals surface area (Å²) in [7, 11) is 4.03. The van der Waals surface area contributed by atoms with Gasteiger partial charge in [0, 0.05) is 61.4 Å². The first kappa shape index (κ1) is 22.9. The van der Waals surface area contributed by atoms with E-state index in [-0.39, 0.29) is 6.61 Å². The van der Waals surface area contributed by atoms with E-state index in [9.17, 15) is 5.11 Å². The minimum atomic E-state index is 0.153. The van der Waals surface area contributed by atoms with Crippen LogP contribution in [0.25, 0.3) is 16.6 Å². The Kier molecular flexibility index (Phi) is 7.77. The van der Waals surface area contributed by atoms with Gasteiger partial charge in [-0.05, 0) is 43.5 Å². The highest BCUT2D eigenvalue weighted by Crippen LogP contribution is 2.33. The molecule has 0 atom stereocenters. The molecule has 5 nitrogen and oxygen atoms in total. The first-order valence-corrected chi connectivity index (χ1v) is 10.8. The zero-order valence-electron chi connectivity index (χ0n) is 18.4. The largest absolute Gasteiger partial charge is 0.487 e. The quantitative estimate of drug-likeness (QED) is 0.551. The lowest BCUT2D eigenvalue weighted by atomic mass is 10.0. The van der Waals surface area contributed by atoms with Crippen molar-refractivity contribution in [2.75, 3.05) is 33.9 Å². The minimum absolute atomic E-state index is 0.153. The number of allylic oxidation sites excluding steroid dienone is 2. The van der Waals surface area contributed by atoms with Crippen molar-refractivity contribution in [1.29, 1.82) is 0 Å².